The van der Waals surface area contributed by atoms with Crippen molar-refractivity contribution in [3.63, 3.8) is 0 Å². The molecule has 7 nitrogen and oxygen atoms in total. The molecule has 1 aromatic carbocycles. The summed E-state index contributed by atoms with van der Waals surface area (Å²) >= 11 is 0. The number of sulfonamides is 1. The molecule has 0 aliphatic carbocycles. The number of carbonyl (C=O) groups is 1. The van der Waals surface area contributed by atoms with Crippen LogP contribution in [0.2, 0.25) is 0 Å². The summed E-state index contributed by atoms with van der Waals surface area (Å²) in [5, 5.41) is 0. The standard InChI is InChI=1S/C19H18F3N3O4S/c1-11-9-13(29-19(20,21)22)3-4-16(11)30(27,28)24-7-8-25-15(10-24)14-5-6-23-12(2)17(14)18(25)26/h3-6,9,15H,7-8,10H2,1-2H3. The number of ether oxygens (including phenoxy) is 1. The van der Waals surface area contributed by atoms with E-state index in [-0.39, 0.29) is 36.0 Å². The van der Waals surface area contributed by atoms with E-state index in [1.165, 1.54) is 11.2 Å². The fourth-order valence-electron chi connectivity index (χ4n) is 4.02. The Morgan fingerprint density at radius 3 is 2.57 bits per heavy atom. The number of alkyl halides is 3. The summed E-state index contributed by atoms with van der Waals surface area (Å²) in [6.45, 7) is 3.51. The number of hydrogen-bond donors (Lipinski definition) is 0. The fraction of sp³-hybridized carbons (Fsp3) is 0.368. The third kappa shape index (κ3) is 3.41. The van der Waals surface area contributed by atoms with Gasteiger partial charge in [-0.15, -0.1) is 13.2 Å². The Labute approximate surface area is 171 Å². The van der Waals surface area contributed by atoms with E-state index in [1.54, 1.807) is 24.1 Å². The third-order valence-corrected chi connectivity index (χ3v) is 7.37. The number of carbonyl (C=O) groups excluding carboxylic acids is 1. The summed E-state index contributed by atoms with van der Waals surface area (Å²) in [7, 11) is -3.98. The number of fused-ring (bicyclic) bond motifs is 3. The lowest BCUT2D eigenvalue weighted by atomic mass is 10.0. The molecule has 1 saturated heterocycles. The van der Waals surface area contributed by atoms with E-state index in [9.17, 15) is 26.4 Å². The van der Waals surface area contributed by atoms with Crippen LogP contribution in [0.25, 0.3) is 0 Å². The average Bonchev–Trinajstić information content (AvgIpc) is 2.93. The zero-order chi connectivity index (χ0) is 21.8. The lowest BCUT2D eigenvalue weighted by molar-refractivity contribution is -0.274. The number of piperazine rings is 1. The number of nitrogens with zero attached hydrogens (tertiary/aromatic N) is 3. The van der Waals surface area contributed by atoms with Gasteiger partial charge in [0.1, 0.15) is 5.75 Å². The SMILES string of the molecule is Cc1cc(OC(F)(F)F)ccc1S(=O)(=O)N1CCN2C(=O)c3c(ccnc3C)C2C1. The summed E-state index contributed by atoms with van der Waals surface area (Å²) in [4.78, 5) is 18.4. The van der Waals surface area contributed by atoms with Crippen molar-refractivity contribution in [3.8, 4) is 5.75 Å². The lowest BCUT2D eigenvalue weighted by Gasteiger charge is -2.37. The summed E-state index contributed by atoms with van der Waals surface area (Å²) in [5.41, 5.74) is 1.98. The van der Waals surface area contributed by atoms with E-state index in [4.69, 9.17) is 0 Å². The molecule has 2 aliphatic rings. The smallest absolute Gasteiger partial charge is 0.406 e. The van der Waals surface area contributed by atoms with Crippen LogP contribution in [0.1, 0.15) is 33.2 Å². The Balaban J connectivity index is 1.63. The van der Waals surface area contributed by atoms with Gasteiger partial charge in [0.25, 0.3) is 5.91 Å². The van der Waals surface area contributed by atoms with Crippen LogP contribution in [0.4, 0.5) is 13.2 Å². The molecule has 0 spiro atoms. The maximum Gasteiger partial charge on any atom is 0.573 e. The minimum Gasteiger partial charge on any atom is -0.406 e. The highest BCUT2D eigenvalue weighted by Gasteiger charge is 2.44. The molecule has 4 rings (SSSR count). The molecule has 0 radical (unpaired) electrons. The molecule has 160 valence electrons. The van der Waals surface area contributed by atoms with Gasteiger partial charge in [0.05, 0.1) is 22.2 Å². The van der Waals surface area contributed by atoms with Crippen LogP contribution in [0.15, 0.2) is 35.4 Å². The summed E-state index contributed by atoms with van der Waals surface area (Å²) in [6.07, 6.45) is -3.28. The van der Waals surface area contributed by atoms with Crippen LogP contribution >= 0.6 is 0 Å². The molecule has 2 aromatic rings. The molecule has 2 aliphatic heterocycles. The van der Waals surface area contributed by atoms with Gasteiger partial charge in [-0.05, 0) is 49.2 Å². The Bertz CT molecular complexity index is 1130. The van der Waals surface area contributed by atoms with Gasteiger partial charge in [-0.3, -0.25) is 9.78 Å². The van der Waals surface area contributed by atoms with Crippen molar-refractivity contribution in [3.05, 3.63) is 52.8 Å². The molecular weight excluding hydrogens is 423 g/mol. The van der Waals surface area contributed by atoms with Gasteiger partial charge in [0, 0.05) is 25.8 Å². The van der Waals surface area contributed by atoms with Crippen molar-refractivity contribution < 1.29 is 31.1 Å². The van der Waals surface area contributed by atoms with Crippen molar-refractivity contribution >= 4 is 15.9 Å². The first-order valence-electron chi connectivity index (χ1n) is 9.12. The molecule has 1 fully saturated rings. The first-order chi connectivity index (χ1) is 14.0. The van der Waals surface area contributed by atoms with Crippen LogP contribution < -0.4 is 4.74 Å². The highest BCUT2D eigenvalue weighted by molar-refractivity contribution is 7.89. The number of aromatic nitrogens is 1. The maximum atomic E-state index is 13.2. The van der Waals surface area contributed by atoms with E-state index in [1.807, 2.05) is 0 Å². The van der Waals surface area contributed by atoms with Crippen molar-refractivity contribution in [2.75, 3.05) is 19.6 Å². The number of pyridine rings is 1. The maximum absolute atomic E-state index is 13.2. The van der Waals surface area contributed by atoms with E-state index in [2.05, 4.69) is 9.72 Å². The predicted octanol–water partition coefficient (Wildman–Crippen LogP) is 2.80. The zero-order valence-corrected chi connectivity index (χ0v) is 16.9. The first kappa shape index (κ1) is 20.6. The second kappa shape index (κ2) is 6.95. The van der Waals surface area contributed by atoms with Gasteiger partial charge >= 0.3 is 6.36 Å². The van der Waals surface area contributed by atoms with Crippen LogP contribution in [0.5, 0.6) is 5.75 Å². The predicted molar refractivity (Wildman–Crippen MR) is 99.4 cm³/mol. The molecule has 1 aromatic heterocycles. The largest absolute Gasteiger partial charge is 0.573 e. The van der Waals surface area contributed by atoms with Crippen LogP contribution in [-0.2, 0) is 10.0 Å². The second-order valence-corrected chi connectivity index (χ2v) is 9.12. The topological polar surface area (TPSA) is 79.8 Å². The normalized spacial score (nSPS) is 19.6. The van der Waals surface area contributed by atoms with Crippen molar-refractivity contribution in [1.82, 2.24) is 14.2 Å². The summed E-state index contributed by atoms with van der Waals surface area (Å²) < 4.78 is 68.8. The molecular formula is C19H18F3N3O4S. The lowest BCUT2D eigenvalue weighted by Crippen LogP contribution is -2.49. The Hall–Kier alpha value is -2.66. The van der Waals surface area contributed by atoms with Crippen LogP contribution in [0, 0.1) is 13.8 Å². The van der Waals surface area contributed by atoms with Crippen molar-refractivity contribution in [1.29, 1.82) is 0 Å². The fourth-order valence-corrected chi connectivity index (χ4v) is 5.66. The Morgan fingerprint density at radius 2 is 1.90 bits per heavy atom. The molecule has 30 heavy (non-hydrogen) atoms. The van der Waals surface area contributed by atoms with Crippen LogP contribution in [0.3, 0.4) is 0 Å². The molecule has 1 atom stereocenters. The Kier molecular flexibility index (Phi) is 4.77. The van der Waals surface area contributed by atoms with Crippen LogP contribution in [-0.4, -0.2) is 54.5 Å². The minimum absolute atomic E-state index is 0.0603. The van der Waals surface area contributed by atoms with E-state index in [0.29, 0.717) is 11.3 Å². The summed E-state index contributed by atoms with van der Waals surface area (Å²) in [6, 6.07) is 4.42. The number of hydrogen-bond acceptors (Lipinski definition) is 5. The highest BCUT2D eigenvalue weighted by Crippen LogP contribution is 2.38. The molecule has 3 heterocycles. The van der Waals surface area contributed by atoms with Gasteiger partial charge in [-0.25, -0.2) is 8.42 Å². The molecule has 0 N–H and O–H groups in total. The van der Waals surface area contributed by atoms with Crippen molar-refractivity contribution in [2.24, 2.45) is 0 Å². The second-order valence-electron chi connectivity index (χ2n) is 7.21. The zero-order valence-electron chi connectivity index (χ0n) is 16.1. The number of rotatable bonds is 3. The van der Waals surface area contributed by atoms with Gasteiger partial charge in [0.15, 0.2) is 0 Å². The van der Waals surface area contributed by atoms with E-state index in [0.717, 1.165) is 23.8 Å². The molecule has 0 saturated carbocycles. The third-order valence-electron chi connectivity index (χ3n) is 5.35. The number of halogens is 3. The molecule has 1 unspecified atom stereocenters. The monoisotopic (exact) mass is 441 g/mol. The minimum atomic E-state index is -4.86. The van der Waals surface area contributed by atoms with E-state index < -0.39 is 28.2 Å². The molecule has 1 amide bonds. The first-order valence-corrected chi connectivity index (χ1v) is 10.6. The number of aryl methyl sites for hydroxylation is 2. The van der Waals surface area contributed by atoms with Gasteiger partial charge < -0.3 is 9.64 Å². The quantitative estimate of drug-likeness (QED) is 0.732. The van der Waals surface area contributed by atoms with Crippen molar-refractivity contribution in [2.45, 2.75) is 31.1 Å². The average molecular weight is 441 g/mol. The van der Waals surface area contributed by atoms with E-state index >= 15 is 0 Å². The Morgan fingerprint density at radius 1 is 1.17 bits per heavy atom. The van der Waals surface area contributed by atoms with Gasteiger partial charge in [-0.2, -0.15) is 4.31 Å². The summed E-state index contributed by atoms with van der Waals surface area (Å²) in [5.74, 6) is -0.649. The highest BCUT2D eigenvalue weighted by atomic mass is 32.2. The number of amides is 1. The molecule has 0 bridgehead atoms. The van der Waals surface area contributed by atoms with Gasteiger partial charge in [0.2, 0.25) is 10.0 Å². The molecule has 11 heteroatoms. The van der Waals surface area contributed by atoms with Gasteiger partial charge in [-0.1, -0.05) is 0 Å². The number of benzene rings is 1.